The molecule has 3 aromatic carbocycles. The Morgan fingerprint density at radius 1 is 0.812 bits per heavy atom. The van der Waals surface area contributed by atoms with Crippen LogP contribution in [0.5, 0.6) is 11.5 Å². The number of methoxy groups -OCH3 is 2. The second-order valence-electron chi connectivity index (χ2n) is 6.82. The van der Waals surface area contributed by atoms with E-state index in [2.05, 4.69) is 5.32 Å². The molecule has 0 spiro atoms. The van der Waals surface area contributed by atoms with Crippen molar-refractivity contribution >= 4 is 23.3 Å². The smallest absolute Gasteiger partial charge is 0.310 e. The van der Waals surface area contributed by atoms with Crippen LogP contribution < -0.4 is 14.8 Å². The molecule has 0 aliphatic carbocycles. The van der Waals surface area contributed by atoms with Gasteiger partial charge in [-0.3, -0.25) is 14.4 Å². The summed E-state index contributed by atoms with van der Waals surface area (Å²) < 4.78 is 15.5. The predicted molar refractivity (Wildman–Crippen MR) is 119 cm³/mol. The van der Waals surface area contributed by atoms with Gasteiger partial charge in [-0.1, -0.05) is 48.5 Å². The number of amides is 1. The molecule has 0 aromatic heterocycles. The van der Waals surface area contributed by atoms with E-state index in [1.807, 2.05) is 6.07 Å². The Morgan fingerprint density at radius 3 is 2.22 bits per heavy atom. The number of benzene rings is 3. The molecule has 3 rings (SSSR count). The number of esters is 1. The van der Waals surface area contributed by atoms with Crippen LogP contribution in [0.15, 0.2) is 72.8 Å². The predicted octanol–water partition coefficient (Wildman–Crippen LogP) is 3.66. The van der Waals surface area contributed by atoms with E-state index in [0.717, 1.165) is 0 Å². The lowest BCUT2D eigenvalue weighted by molar-refractivity contribution is -0.146. The number of ether oxygens (including phenoxy) is 3. The van der Waals surface area contributed by atoms with Crippen LogP contribution in [0, 0.1) is 0 Å². The van der Waals surface area contributed by atoms with Gasteiger partial charge in [0.1, 0.15) is 0 Å². The number of carbonyl (C=O) groups is 3. The van der Waals surface area contributed by atoms with Gasteiger partial charge < -0.3 is 19.5 Å². The van der Waals surface area contributed by atoms with E-state index < -0.39 is 18.5 Å². The molecule has 0 heterocycles. The van der Waals surface area contributed by atoms with Crippen molar-refractivity contribution in [1.29, 1.82) is 0 Å². The maximum absolute atomic E-state index is 12.8. The van der Waals surface area contributed by atoms with Crippen LogP contribution in [-0.2, 0) is 20.7 Å². The average molecular weight is 433 g/mol. The summed E-state index contributed by atoms with van der Waals surface area (Å²) in [5.41, 5.74) is 1.87. The molecule has 0 radical (unpaired) electrons. The molecule has 0 unspecified atom stereocenters. The molecule has 0 fully saturated rings. The maximum atomic E-state index is 12.8. The minimum atomic E-state index is -0.569. The molecule has 3 aromatic rings. The Morgan fingerprint density at radius 2 is 1.50 bits per heavy atom. The van der Waals surface area contributed by atoms with E-state index in [4.69, 9.17) is 14.2 Å². The van der Waals surface area contributed by atoms with E-state index in [9.17, 15) is 14.4 Å². The van der Waals surface area contributed by atoms with Gasteiger partial charge in [0, 0.05) is 11.1 Å². The van der Waals surface area contributed by atoms with Crippen LogP contribution in [0.25, 0.3) is 0 Å². The SMILES string of the molecule is COc1ccc(CC(=O)OCC(=O)Nc2ccccc2C(=O)c2ccccc2)cc1OC. The molecule has 7 nitrogen and oxygen atoms in total. The first-order valence-corrected chi connectivity index (χ1v) is 9.87. The Kier molecular flexibility index (Phi) is 7.59. The third-order valence-electron chi connectivity index (χ3n) is 4.64. The van der Waals surface area contributed by atoms with Crippen molar-refractivity contribution in [2.45, 2.75) is 6.42 Å². The van der Waals surface area contributed by atoms with Crippen molar-refractivity contribution in [2.75, 3.05) is 26.1 Å². The van der Waals surface area contributed by atoms with E-state index in [1.165, 1.54) is 14.2 Å². The van der Waals surface area contributed by atoms with Gasteiger partial charge in [-0.05, 0) is 29.8 Å². The van der Waals surface area contributed by atoms with Crippen molar-refractivity contribution in [3.8, 4) is 11.5 Å². The molecule has 0 aliphatic rings. The van der Waals surface area contributed by atoms with Gasteiger partial charge in [-0.25, -0.2) is 0 Å². The molecular formula is C25H23NO6. The highest BCUT2D eigenvalue weighted by atomic mass is 16.5. The maximum Gasteiger partial charge on any atom is 0.310 e. The lowest BCUT2D eigenvalue weighted by Gasteiger charge is -2.11. The molecule has 7 heteroatoms. The van der Waals surface area contributed by atoms with Crippen LogP contribution >= 0.6 is 0 Å². The van der Waals surface area contributed by atoms with Gasteiger partial charge in [0.2, 0.25) is 0 Å². The van der Waals surface area contributed by atoms with Crippen LogP contribution in [0.4, 0.5) is 5.69 Å². The number of ketones is 1. The van der Waals surface area contributed by atoms with Gasteiger partial charge in [-0.15, -0.1) is 0 Å². The van der Waals surface area contributed by atoms with Crippen LogP contribution in [0.1, 0.15) is 21.5 Å². The van der Waals surface area contributed by atoms with E-state index in [-0.39, 0.29) is 12.2 Å². The summed E-state index contributed by atoms with van der Waals surface area (Å²) in [4.78, 5) is 37.2. The fraction of sp³-hybridized carbons (Fsp3) is 0.160. The van der Waals surface area contributed by atoms with Crippen LogP contribution in [-0.4, -0.2) is 38.5 Å². The summed E-state index contributed by atoms with van der Waals surface area (Å²) >= 11 is 0. The number of hydrogen-bond acceptors (Lipinski definition) is 6. The highest BCUT2D eigenvalue weighted by Gasteiger charge is 2.16. The molecule has 1 N–H and O–H groups in total. The molecule has 1 amide bonds. The van der Waals surface area contributed by atoms with E-state index >= 15 is 0 Å². The van der Waals surface area contributed by atoms with E-state index in [0.29, 0.717) is 33.9 Å². The summed E-state index contributed by atoms with van der Waals surface area (Å²) in [5.74, 6) is -0.283. The number of nitrogens with one attached hydrogen (secondary N) is 1. The first-order valence-electron chi connectivity index (χ1n) is 9.87. The van der Waals surface area contributed by atoms with Gasteiger partial charge in [0.25, 0.3) is 5.91 Å². The minimum Gasteiger partial charge on any atom is -0.493 e. The second-order valence-corrected chi connectivity index (χ2v) is 6.82. The van der Waals surface area contributed by atoms with Gasteiger partial charge in [0.15, 0.2) is 23.9 Å². The molecule has 32 heavy (non-hydrogen) atoms. The zero-order valence-electron chi connectivity index (χ0n) is 17.8. The summed E-state index contributed by atoms with van der Waals surface area (Å²) in [6.45, 7) is -0.472. The lowest BCUT2D eigenvalue weighted by Crippen LogP contribution is -2.22. The fourth-order valence-electron chi connectivity index (χ4n) is 3.08. The topological polar surface area (TPSA) is 90.9 Å². The fourth-order valence-corrected chi connectivity index (χ4v) is 3.08. The van der Waals surface area contributed by atoms with Crippen LogP contribution in [0.3, 0.4) is 0 Å². The quantitative estimate of drug-likeness (QED) is 0.409. The van der Waals surface area contributed by atoms with Gasteiger partial charge in [-0.2, -0.15) is 0 Å². The minimum absolute atomic E-state index is 0.0310. The van der Waals surface area contributed by atoms with Gasteiger partial charge in [0.05, 0.1) is 26.3 Å². The van der Waals surface area contributed by atoms with Crippen LogP contribution in [0.2, 0.25) is 0 Å². The summed E-state index contributed by atoms with van der Waals surface area (Å²) in [7, 11) is 3.03. The van der Waals surface area contributed by atoms with Crippen molar-refractivity contribution in [2.24, 2.45) is 0 Å². The molecule has 164 valence electrons. The Labute approximate surface area is 185 Å². The second kappa shape index (κ2) is 10.8. The summed E-state index contributed by atoms with van der Waals surface area (Å²) in [6.07, 6.45) is -0.0310. The molecule has 0 atom stereocenters. The first kappa shape index (κ1) is 22.6. The van der Waals surface area contributed by atoms with Crippen molar-refractivity contribution < 1.29 is 28.6 Å². The lowest BCUT2D eigenvalue weighted by atomic mass is 10.0. The Hall–Kier alpha value is -4.13. The number of anilines is 1. The Balaban J connectivity index is 1.59. The summed E-state index contributed by atoms with van der Waals surface area (Å²) in [6, 6.07) is 20.5. The monoisotopic (exact) mass is 433 g/mol. The average Bonchev–Trinajstić information content (AvgIpc) is 2.83. The number of para-hydroxylation sites is 1. The zero-order chi connectivity index (χ0) is 22.9. The molecular weight excluding hydrogens is 410 g/mol. The molecule has 0 bridgehead atoms. The van der Waals surface area contributed by atoms with Gasteiger partial charge >= 0.3 is 5.97 Å². The molecule has 0 saturated carbocycles. The highest BCUT2D eigenvalue weighted by molar-refractivity contribution is 6.13. The number of carbonyl (C=O) groups excluding carboxylic acids is 3. The highest BCUT2D eigenvalue weighted by Crippen LogP contribution is 2.27. The van der Waals surface area contributed by atoms with Crippen molar-refractivity contribution in [3.05, 3.63) is 89.5 Å². The van der Waals surface area contributed by atoms with E-state index in [1.54, 1.807) is 66.7 Å². The first-order chi connectivity index (χ1) is 15.5. The zero-order valence-corrected chi connectivity index (χ0v) is 17.8. The number of hydrogen-bond donors (Lipinski definition) is 1. The van der Waals surface area contributed by atoms with Crippen molar-refractivity contribution in [1.82, 2.24) is 0 Å². The standard InChI is InChI=1S/C25H23NO6/c1-30-21-13-12-17(14-22(21)31-2)15-24(28)32-16-23(27)26-20-11-7-6-10-19(20)25(29)18-8-4-3-5-9-18/h3-14H,15-16H2,1-2H3,(H,26,27). The third kappa shape index (κ3) is 5.72. The largest absolute Gasteiger partial charge is 0.493 e. The molecule has 0 saturated heterocycles. The summed E-state index contributed by atoms with van der Waals surface area (Å²) in [5, 5.41) is 2.64. The molecule has 0 aliphatic heterocycles. The third-order valence-corrected chi connectivity index (χ3v) is 4.64. The Bertz CT molecular complexity index is 1110. The normalized spacial score (nSPS) is 10.2. The number of rotatable bonds is 9. The van der Waals surface area contributed by atoms with Crippen molar-refractivity contribution in [3.63, 3.8) is 0 Å².